The van der Waals surface area contributed by atoms with E-state index in [1.165, 1.54) is 30.3 Å². The van der Waals surface area contributed by atoms with Crippen molar-refractivity contribution in [1.82, 2.24) is 4.90 Å². The lowest BCUT2D eigenvalue weighted by molar-refractivity contribution is -0.385. The van der Waals surface area contributed by atoms with Gasteiger partial charge in [-0.3, -0.25) is 14.9 Å². The second-order valence-corrected chi connectivity index (χ2v) is 7.16. The van der Waals surface area contributed by atoms with Crippen LogP contribution < -0.4 is 4.74 Å². The fourth-order valence-electron chi connectivity index (χ4n) is 2.70. The Morgan fingerprint density at radius 2 is 2.08 bits per heavy atom. The summed E-state index contributed by atoms with van der Waals surface area (Å²) < 4.78 is 18.7. The lowest BCUT2D eigenvalue weighted by Crippen LogP contribution is -2.38. The Kier molecular flexibility index (Phi) is 5.41. The van der Waals surface area contributed by atoms with Gasteiger partial charge >= 0.3 is 5.69 Å². The van der Waals surface area contributed by atoms with Crippen molar-refractivity contribution < 1.29 is 18.8 Å². The number of carbonyl (C=O) groups is 1. The number of ether oxygens (including phenoxy) is 1. The number of nitro benzene ring substituents is 1. The molecule has 6 nitrogen and oxygen atoms in total. The predicted molar refractivity (Wildman–Crippen MR) is 97.0 cm³/mol. The number of thioether (sulfide) groups is 1. The van der Waals surface area contributed by atoms with Gasteiger partial charge in [0.15, 0.2) is 5.75 Å². The average Bonchev–Trinajstić information content (AvgIpc) is 3.09. The molecule has 2 aromatic rings. The molecule has 26 heavy (non-hydrogen) atoms. The summed E-state index contributed by atoms with van der Waals surface area (Å²) in [4.78, 5) is 25.0. The van der Waals surface area contributed by atoms with Crippen LogP contribution in [-0.2, 0) is 0 Å². The number of amides is 1. The van der Waals surface area contributed by atoms with Crippen LogP contribution in [0.5, 0.6) is 5.75 Å². The van der Waals surface area contributed by atoms with E-state index in [1.54, 1.807) is 35.7 Å². The van der Waals surface area contributed by atoms with Gasteiger partial charge < -0.3 is 9.64 Å². The molecule has 2 aromatic carbocycles. The van der Waals surface area contributed by atoms with Crippen molar-refractivity contribution >= 4 is 23.4 Å². The summed E-state index contributed by atoms with van der Waals surface area (Å²) in [6, 6.07) is 10.2. The molecule has 1 atom stereocenters. The first-order valence-corrected chi connectivity index (χ1v) is 9.06. The molecular formula is C18H17FN2O4S. The Morgan fingerprint density at radius 3 is 2.77 bits per heavy atom. The Balaban J connectivity index is 1.71. The Morgan fingerprint density at radius 1 is 1.35 bits per heavy atom. The first kappa shape index (κ1) is 18.2. The van der Waals surface area contributed by atoms with E-state index >= 15 is 0 Å². The third-order valence-electron chi connectivity index (χ3n) is 4.03. The van der Waals surface area contributed by atoms with Crippen molar-refractivity contribution in [3.8, 4) is 5.75 Å². The minimum atomic E-state index is -0.481. The molecule has 1 aliphatic rings. The number of aryl methyl sites for hydroxylation is 1. The van der Waals surface area contributed by atoms with Crippen molar-refractivity contribution in [2.24, 2.45) is 0 Å². The van der Waals surface area contributed by atoms with Gasteiger partial charge in [-0.2, -0.15) is 0 Å². The van der Waals surface area contributed by atoms with Crippen LogP contribution >= 0.6 is 11.8 Å². The van der Waals surface area contributed by atoms with E-state index in [4.69, 9.17) is 4.74 Å². The van der Waals surface area contributed by atoms with Crippen LogP contribution in [0, 0.1) is 22.9 Å². The molecule has 0 N–H and O–H groups in total. The molecule has 0 spiro atoms. The number of benzene rings is 2. The van der Waals surface area contributed by atoms with Crippen LogP contribution in [0.25, 0.3) is 0 Å². The number of halogens is 1. The molecule has 0 saturated carbocycles. The van der Waals surface area contributed by atoms with Crippen LogP contribution in [0.4, 0.5) is 10.1 Å². The van der Waals surface area contributed by atoms with Gasteiger partial charge in [0, 0.05) is 23.9 Å². The highest BCUT2D eigenvalue weighted by Crippen LogP contribution is 2.31. The maximum absolute atomic E-state index is 13.0. The highest BCUT2D eigenvalue weighted by atomic mass is 32.2. The summed E-state index contributed by atoms with van der Waals surface area (Å²) >= 11 is 1.55. The monoisotopic (exact) mass is 376 g/mol. The summed E-state index contributed by atoms with van der Waals surface area (Å²) in [5.41, 5.74) is 1.08. The highest BCUT2D eigenvalue weighted by molar-refractivity contribution is 8.00. The first-order chi connectivity index (χ1) is 12.5. The zero-order valence-corrected chi connectivity index (χ0v) is 14.9. The molecule has 0 bridgehead atoms. The summed E-state index contributed by atoms with van der Waals surface area (Å²) in [5.74, 6) is 0.324. The lowest BCUT2D eigenvalue weighted by atomic mass is 10.2. The van der Waals surface area contributed by atoms with Crippen molar-refractivity contribution in [3.63, 3.8) is 0 Å². The SMILES string of the molecule is Cc1ccc(OCC2SCCN2C(=O)c2ccc(F)cc2)c([N+](=O)[O-])c1. The van der Waals surface area contributed by atoms with Crippen LogP contribution in [0.3, 0.4) is 0 Å². The zero-order valence-electron chi connectivity index (χ0n) is 14.1. The minimum Gasteiger partial charge on any atom is -0.484 e. The minimum absolute atomic E-state index is 0.0931. The smallest absolute Gasteiger partial charge is 0.311 e. The maximum atomic E-state index is 13.0. The average molecular weight is 376 g/mol. The van der Waals surface area contributed by atoms with E-state index in [2.05, 4.69) is 0 Å². The third-order valence-corrected chi connectivity index (χ3v) is 5.23. The normalized spacial score (nSPS) is 16.5. The van der Waals surface area contributed by atoms with Crippen molar-refractivity contribution in [3.05, 3.63) is 69.5 Å². The number of carbonyl (C=O) groups excluding carboxylic acids is 1. The Bertz CT molecular complexity index is 828. The molecule has 1 heterocycles. The van der Waals surface area contributed by atoms with Gasteiger partial charge in [0.2, 0.25) is 0 Å². The van der Waals surface area contributed by atoms with Gasteiger partial charge in [-0.25, -0.2) is 4.39 Å². The largest absolute Gasteiger partial charge is 0.484 e. The van der Waals surface area contributed by atoms with Gasteiger partial charge in [0.25, 0.3) is 5.91 Å². The molecule has 1 saturated heterocycles. The first-order valence-electron chi connectivity index (χ1n) is 8.01. The van der Waals surface area contributed by atoms with E-state index in [1.807, 2.05) is 0 Å². The van der Waals surface area contributed by atoms with Crippen molar-refractivity contribution in [2.75, 3.05) is 18.9 Å². The van der Waals surface area contributed by atoms with Gasteiger partial charge in [-0.05, 0) is 42.8 Å². The van der Waals surface area contributed by atoms with Gasteiger partial charge in [-0.15, -0.1) is 11.8 Å². The predicted octanol–water partition coefficient (Wildman–Crippen LogP) is 3.64. The molecule has 0 radical (unpaired) electrons. The molecule has 3 rings (SSSR count). The number of rotatable bonds is 5. The zero-order chi connectivity index (χ0) is 18.7. The third kappa shape index (κ3) is 3.96. The van der Waals surface area contributed by atoms with Crippen LogP contribution in [-0.4, -0.2) is 40.0 Å². The second-order valence-electron chi connectivity index (χ2n) is 5.87. The topological polar surface area (TPSA) is 72.7 Å². The maximum Gasteiger partial charge on any atom is 0.311 e. The fourth-order valence-corrected chi connectivity index (χ4v) is 3.82. The molecule has 1 aliphatic heterocycles. The number of nitrogens with zero attached hydrogens (tertiary/aromatic N) is 2. The molecule has 1 unspecified atom stereocenters. The Hall–Kier alpha value is -2.61. The van der Waals surface area contributed by atoms with E-state index in [0.29, 0.717) is 12.1 Å². The fraction of sp³-hybridized carbons (Fsp3) is 0.278. The second kappa shape index (κ2) is 7.74. The standard InChI is InChI=1S/C18H17FN2O4S/c1-12-2-7-16(15(10-12)21(23)24)25-11-17-20(8-9-26-17)18(22)13-3-5-14(19)6-4-13/h2-7,10,17H,8-9,11H2,1H3. The van der Waals surface area contributed by atoms with E-state index in [-0.39, 0.29) is 29.3 Å². The quantitative estimate of drug-likeness (QED) is 0.588. The van der Waals surface area contributed by atoms with E-state index in [0.717, 1.165) is 11.3 Å². The summed E-state index contributed by atoms with van der Waals surface area (Å²) in [5, 5.41) is 10.9. The highest BCUT2D eigenvalue weighted by Gasteiger charge is 2.31. The Labute approximate surface area is 154 Å². The van der Waals surface area contributed by atoms with Crippen LogP contribution in [0.1, 0.15) is 15.9 Å². The van der Waals surface area contributed by atoms with Gasteiger partial charge in [0.05, 0.1) is 4.92 Å². The van der Waals surface area contributed by atoms with E-state index in [9.17, 15) is 19.3 Å². The van der Waals surface area contributed by atoms with E-state index < -0.39 is 10.7 Å². The summed E-state index contributed by atoms with van der Waals surface area (Å²) in [7, 11) is 0. The number of hydrogen-bond donors (Lipinski definition) is 0. The molecule has 1 fully saturated rings. The molecule has 8 heteroatoms. The molecular weight excluding hydrogens is 359 g/mol. The molecule has 0 aromatic heterocycles. The summed E-state index contributed by atoms with van der Waals surface area (Å²) in [6.45, 7) is 2.46. The number of hydrogen-bond acceptors (Lipinski definition) is 5. The summed E-state index contributed by atoms with van der Waals surface area (Å²) in [6.07, 6.45) is 0. The molecule has 1 amide bonds. The van der Waals surface area contributed by atoms with Crippen molar-refractivity contribution in [1.29, 1.82) is 0 Å². The molecule has 136 valence electrons. The van der Waals surface area contributed by atoms with Crippen LogP contribution in [0.15, 0.2) is 42.5 Å². The van der Waals surface area contributed by atoms with Crippen LogP contribution in [0.2, 0.25) is 0 Å². The van der Waals surface area contributed by atoms with Gasteiger partial charge in [-0.1, -0.05) is 6.07 Å². The number of nitro groups is 1. The van der Waals surface area contributed by atoms with Gasteiger partial charge in [0.1, 0.15) is 17.8 Å². The van der Waals surface area contributed by atoms with Crippen molar-refractivity contribution in [2.45, 2.75) is 12.3 Å². The lowest BCUT2D eigenvalue weighted by Gasteiger charge is -2.24. The molecule has 0 aliphatic carbocycles.